The zero-order chi connectivity index (χ0) is 19.1. The average Bonchev–Trinajstić information content (AvgIpc) is 2.99. The summed E-state index contributed by atoms with van der Waals surface area (Å²) in [6.07, 6.45) is 3.72. The smallest absolute Gasteiger partial charge is 0.350 e. The second-order valence-electron chi connectivity index (χ2n) is 7.02. The molecule has 5 nitrogen and oxygen atoms in total. The molecule has 136 valence electrons. The lowest BCUT2D eigenvalue weighted by Gasteiger charge is -2.08. The first-order valence-corrected chi connectivity index (χ1v) is 8.99. The third-order valence-corrected chi connectivity index (χ3v) is 5.09. The van der Waals surface area contributed by atoms with Crippen LogP contribution >= 0.6 is 0 Å². The summed E-state index contributed by atoms with van der Waals surface area (Å²) < 4.78 is 9.08. The quantitative estimate of drug-likeness (QED) is 0.525. The Hall–Kier alpha value is -3.21. The molecule has 0 atom stereocenters. The molecule has 4 aromatic rings. The first-order valence-electron chi connectivity index (χ1n) is 8.99. The molecule has 0 bridgehead atoms. The number of rotatable bonds is 3. The van der Waals surface area contributed by atoms with E-state index in [2.05, 4.69) is 41.8 Å². The van der Waals surface area contributed by atoms with Gasteiger partial charge in [0.05, 0.1) is 17.5 Å². The highest BCUT2D eigenvalue weighted by Gasteiger charge is 2.22. The van der Waals surface area contributed by atoms with E-state index in [1.807, 2.05) is 38.2 Å². The van der Waals surface area contributed by atoms with Crippen LogP contribution in [0.3, 0.4) is 0 Å². The van der Waals surface area contributed by atoms with E-state index in [0.717, 1.165) is 16.9 Å². The molecule has 3 heterocycles. The van der Waals surface area contributed by atoms with Crippen LogP contribution < -0.4 is 10.1 Å². The highest BCUT2D eigenvalue weighted by atomic mass is 16.5. The van der Waals surface area contributed by atoms with Gasteiger partial charge in [0.1, 0.15) is 24.1 Å². The van der Waals surface area contributed by atoms with Crippen LogP contribution in [0.15, 0.2) is 58.1 Å². The first kappa shape index (κ1) is 17.2. The fourth-order valence-corrected chi connectivity index (χ4v) is 3.51. The third kappa shape index (κ3) is 2.95. The SMILES string of the molecule is Cc1ccc(C[n+]2cc(-c3c(C)noc3C)c(=O)n3ccccc32)cc1C. The Morgan fingerprint density at radius 1 is 1.07 bits per heavy atom. The van der Waals surface area contributed by atoms with Crippen LogP contribution in [0.1, 0.15) is 28.1 Å². The predicted molar refractivity (Wildman–Crippen MR) is 104 cm³/mol. The van der Waals surface area contributed by atoms with Crippen molar-refractivity contribution in [3.8, 4) is 11.1 Å². The molecule has 0 fully saturated rings. The van der Waals surface area contributed by atoms with E-state index in [4.69, 9.17) is 4.52 Å². The number of hydrogen-bond acceptors (Lipinski definition) is 3. The molecular formula is C22H22N3O2+. The molecule has 3 aromatic heterocycles. The minimum absolute atomic E-state index is 0.0728. The van der Waals surface area contributed by atoms with Crippen molar-refractivity contribution in [1.82, 2.24) is 9.56 Å². The van der Waals surface area contributed by atoms with Crippen LogP contribution in [0.25, 0.3) is 16.8 Å². The van der Waals surface area contributed by atoms with Gasteiger partial charge < -0.3 is 4.52 Å². The van der Waals surface area contributed by atoms with Crippen LogP contribution in [0.2, 0.25) is 0 Å². The van der Waals surface area contributed by atoms with Crippen molar-refractivity contribution >= 4 is 5.65 Å². The maximum absolute atomic E-state index is 13.1. The normalized spacial score (nSPS) is 11.3. The summed E-state index contributed by atoms with van der Waals surface area (Å²) in [7, 11) is 0. The number of benzene rings is 1. The van der Waals surface area contributed by atoms with E-state index in [-0.39, 0.29) is 5.56 Å². The molecule has 0 spiro atoms. The Balaban J connectivity index is 1.95. The fourth-order valence-electron chi connectivity index (χ4n) is 3.51. The van der Waals surface area contributed by atoms with Crippen molar-refractivity contribution in [2.24, 2.45) is 0 Å². The van der Waals surface area contributed by atoms with E-state index in [9.17, 15) is 4.79 Å². The van der Waals surface area contributed by atoms with E-state index >= 15 is 0 Å². The van der Waals surface area contributed by atoms with Crippen LogP contribution in [0.5, 0.6) is 0 Å². The maximum Gasteiger partial charge on any atom is 0.350 e. The molecule has 0 aliphatic carbocycles. The zero-order valence-corrected chi connectivity index (χ0v) is 16.0. The molecule has 0 unspecified atom stereocenters. The summed E-state index contributed by atoms with van der Waals surface area (Å²) in [6, 6.07) is 12.2. The van der Waals surface area contributed by atoms with E-state index in [0.29, 0.717) is 17.9 Å². The van der Waals surface area contributed by atoms with Crippen molar-refractivity contribution < 1.29 is 9.09 Å². The van der Waals surface area contributed by atoms with Crippen LogP contribution in [0, 0.1) is 27.7 Å². The van der Waals surface area contributed by atoms with Gasteiger partial charge in [-0.3, -0.25) is 0 Å². The van der Waals surface area contributed by atoms with Gasteiger partial charge in [0.15, 0.2) is 0 Å². The highest BCUT2D eigenvalue weighted by Crippen LogP contribution is 2.23. The Bertz CT molecular complexity index is 1200. The average molecular weight is 360 g/mol. The van der Waals surface area contributed by atoms with Crippen molar-refractivity contribution in [2.45, 2.75) is 34.2 Å². The van der Waals surface area contributed by atoms with Gasteiger partial charge in [-0.15, -0.1) is 0 Å². The highest BCUT2D eigenvalue weighted by molar-refractivity contribution is 5.66. The van der Waals surface area contributed by atoms with Gasteiger partial charge in [-0.25, -0.2) is 9.36 Å². The second kappa shape index (κ2) is 6.50. The van der Waals surface area contributed by atoms with Crippen molar-refractivity contribution in [2.75, 3.05) is 0 Å². The van der Waals surface area contributed by atoms with Crippen LogP contribution in [-0.2, 0) is 6.54 Å². The van der Waals surface area contributed by atoms with Gasteiger partial charge in [0, 0.05) is 6.07 Å². The summed E-state index contributed by atoms with van der Waals surface area (Å²) in [4.78, 5) is 13.1. The maximum atomic E-state index is 13.1. The van der Waals surface area contributed by atoms with Gasteiger partial charge in [-0.1, -0.05) is 29.4 Å². The lowest BCUT2D eigenvalue weighted by Crippen LogP contribution is -2.40. The minimum Gasteiger partial charge on any atom is -0.361 e. The predicted octanol–water partition coefficient (Wildman–Crippen LogP) is 3.52. The molecule has 0 saturated carbocycles. The lowest BCUT2D eigenvalue weighted by atomic mass is 10.1. The topological polar surface area (TPSA) is 51.4 Å². The second-order valence-corrected chi connectivity index (χ2v) is 7.02. The Morgan fingerprint density at radius 3 is 2.59 bits per heavy atom. The fraction of sp³-hybridized carbons (Fsp3) is 0.227. The summed E-state index contributed by atoms with van der Waals surface area (Å²) >= 11 is 0. The van der Waals surface area contributed by atoms with Gasteiger partial charge in [-0.2, -0.15) is 4.40 Å². The third-order valence-electron chi connectivity index (χ3n) is 5.09. The molecule has 4 rings (SSSR count). The molecule has 0 amide bonds. The number of hydrogen-bond donors (Lipinski definition) is 0. The van der Waals surface area contributed by atoms with Crippen LogP contribution in [0.4, 0.5) is 0 Å². The van der Waals surface area contributed by atoms with Gasteiger partial charge in [-0.05, 0) is 50.5 Å². The molecule has 0 radical (unpaired) electrons. The van der Waals surface area contributed by atoms with Gasteiger partial charge in [0.2, 0.25) is 0 Å². The summed E-state index contributed by atoms with van der Waals surface area (Å²) in [6.45, 7) is 8.60. The molecule has 0 aliphatic rings. The van der Waals surface area contributed by atoms with E-state index in [1.165, 1.54) is 16.7 Å². The number of pyridine rings is 1. The van der Waals surface area contributed by atoms with E-state index in [1.54, 1.807) is 10.6 Å². The number of aryl methyl sites for hydroxylation is 4. The Morgan fingerprint density at radius 2 is 1.89 bits per heavy atom. The first-order chi connectivity index (χ1) is 13.0. The van der Waals surface area contributed by atoms with Crippen LogP contribution in [-0.4, -0.2) is 9.56 Å². The number of nitrogens with zero attached hydrogens (tertiary/aromatic N) is 3. The lowest BCUT2D eigenvalue weighted by molar-refractivity contribution is -0.665. The summed E-state index contributed by atoms with van der Waals surface area (Å²) in [5.74, 6) is 0.651. The minimum atomic E-state index is -0.0728. The molecular weight excluding hydrogens is 338 g/mol. The van der Waals surface area contributed by atoms with Gasteiger partial charge >= 0.3 is 5.56 Å². The Kier molecular flexibility index (Phi) is 4.15. The molecule has 0 N–H and O–H groups in total. The standard InChI is InChI=1S/C22H22N3O2/c1-14-8-9-18(11-15(14)2)12-24-13-19(21-16(3)23-27-17(21)4)22(26)25-10-6-5-7-20(24)25/h5-11,13H,12H2,1-4H3/q+1. The molecule has 0 aliphatic heterocycles. The summed E-state index contributed by atoms with van der Waals surface area (Å²) in [5, 5.41) is 4.02. The summed E-state index contributed by atoms with van der Waals surface area (Å²) in [5.41, 5.74) is 6.58. The Labute approximate surface area is 157 Å². The van der Waals surface area contributed by atoms with Crippen molar-refractivity contribution in [3.05, 3.63) is 87.3 Å². The molecule has 27 heavy (non-hydrogen) atoms. The molecule has 0 saturated heterocycles. The van der Waals surface area contributed by atoms with Gasteiger partial charge in [0.25, 0.3) is 5.65 Å². The zero-order valence-electron chi connectivity index (χ0n) is 16.0. The number of aromatic nitrogens is 3. The molecule has 5 heteroatoms. The largest absolute Gasteiger partial charge is 0.361 e. The van der Waals surface area contributed by atoms with E-state index < -0.39 is 0 Å². The van der Waals surface area contributed by atoms with Crippen molar-refractivity contribution in [3.63, 3.8) is 0 Å². The monoisotopic (exact) mass is 360 g/mol. The molecule has 1 aromatic carbocycles. The van der Waals surface area contributed by atoms with Crippen molar-refractivity contribution in [1.29, 1.82) is 0 Å². The number of fused-ring (bicyclic) bond motifs is 1.